The van der Waals surface area contributed by atoms with Crippen molar-refractivity contribution >= 4 is 23.5 Å². The Balaban J connectivity index is 1.41. The zero-order valence-corrected chi connectivity index (χ0v) is 18.7. The van der Waals surface area contributed by atoms with Gasteiger partial charge in [0.2, 0.25) is 5.91 Å². The van der Waals surface area contributed by atoms with E-state index in [9.17, 15) is 18.8 Å². The summed E-state index contributed by atoms with van der Waals surface area (Å²) in [6, 6.07) is 16.9. The van der Waals surface area contributed by atoms with Crippen molar-refractivity contribution in [2.45, 2.75) is 25.9 Å². The molecule has 2 heterocycles. The molecule has 0 bridgehead atoms. The first-order valence-electron chi connectivity index (χ1n) is 11.0. The number of cyclic esters (lactones) is 1. The van der Waals surface area contributed by atoms with E-state index < -0.39 is 18.0 Å². The number of halogens is 1. The first-order chi connectivity index (χ1) is 16.4. The number of hydrogen-bond acceptors (Lipinski definition) is 5. The maximum Gasteiger partial charge on any atom is 0.414 e. The Bertz CT molecular complexity index is 1200. The van der Waals surface area contributed by atoms with E-state index in [0.29, 0.717) is 35.2 Å². The third-order valence-corrected chi connectivity index (χ3v) is 5.57. The number of carbonyl (C=O) groups excluding carboxylic acids is 3. The van der Waals surface area contributed by atoms with Gasteiger partial charge in [-0.05, 0) is 42.3 Å². The number of anilines is 1. The molecule has 1 aromatic heterocycles. The summed E-state index contributed by atoms with van der Waals surface area (Å²) in [7, 11) is 0. The normalized spacial score (nSPS) is 15.2. The minimum absolute atomic E-state index is 0.00520. The molecule has 0 saturated carbocycles. The molecule has 1 aliphatic rings. The minimum atomic E-state index is -0.587. The SMILES string of the molecule is CC(=O)NC[C@H]1CN(c2ccc(-c3ccc(C(=O)CCc4ccccn4)cc3)c(F)c2)C(=O)O1. The predicted octanol–water partition coefficient (Wildman–Crippen LogP) is 4.16. The van der Waals surface area contributed by atoms with Crippen LogP contribution in [0.5, 0.6) is 0 Å². The first-order valence-corrected chi connectivity index (χ1v) is 11.0. The van der Waals surface area contributed by atoms with Gasteiger partial charge in [0.1, 0.15) is 11.9 Å². The summed E-state index contributed by atoms with van der Waals surface area (Å²) in [5, 5.41) is 2.61. The van der Waals surface area contributed by atoms with E-state index in [4.69, 9.17) is 4.74 Å². The number of ketones is 1. The topological polar surface area (TPSA) is 88.6 Å². The van der Waals surface area contributed by atoms with Crippen LogP contribution in [-0.2, 0) is 16.0 Å². The van der Waals surface area contributed by atoms with Crippen molar-refractivity contribution in [1.82, 2.24) is 10.3 Å². The van der Waals surface area contributed by atoms with Gasteiger partial charge >= 0.3 is 6.09 Å². The van der Waals surface area contributed by atoms with Crippen molar-refractivity contribution in [2.24, 2.45) is 0 Å². The molecule has 1 N–H and O–H groups in total. The second kappa shape index (κ2) is 10.2. The summed E-state index contributed by atoms with van der Waals surface area (Å²) in [6.07, 6.45) is 1.51. The van der Waals surface area contributed by atoms with Crippen molar-refractivity contribution in [2.75, 3.05) is 18.0 Å². The fourth-order valence-corrected chi connectivity index (χ4v) is 3.77. The first kappa shape index (κ1) is 23.1. The maximum absolute atomic E-state index is 14.9. The van der Waals surface area contributed by atoms with Crippen LogP contribution >= 0.6 is 0 Å². The van der Waals surface area contributed by atoms with Crippen LogP contribution in [0.25, 0.3) is 11.1 Å². The Morgan fingerprint density at radius 3 is 2.62 bits per heavy atom. The molecule has 8 heteroatoms. The molecule has 2 aromatic carbocycles. The lowest BCUT2D eigenvalue weighted by molar-refractivity contribution is -0.119. The van der Waals surface area contributed by atoms with Crippen molar-refractivity contribution < 1.29 is 23.5 Å². The minimum Gasteiger partial charge on any atom is -0.442 e. The standard InChI is InChI=1S/C26H24FN3O4/c1-17(31)29-15-22-16-30(26(33)34-22)21-10-11-23(24(27)14-21)18-5-7-19(8-6-18)25(32)12-9-20-4-2-3-13-28-20/h2-8,10-11,13-14,22H,9,12,15-16H2,1H3,(H,29,31)/t22-/m0/s1. The van der Waals surface area contributed by atoms with E-state index in [-0.39, 0.29) is 24.8 Å². The molecule has 0 spiro atoms. The van der Waals surface area contributed by atoms with E-state index in [1.807, 2.05) is 18.2 Å². The smallest absolute Gasteiger partial charge is 0.414 e. The summed E-state index contributed by atoms with van der Waals surface area (Å²) in [6.45, 7) is 1.80. The third kappa shape index (κ3) is 5.46. The quantitative estimate of drug-likeness (QED) is 0.509. The highest BCUT2D eigenvalue weighted by atomic mass is 19.1. The van der Waals surface area contributed by atoms with Crippen LogP contribution < -0.4 is 10.2 Å². The number of amides is 2. The molecule has 3 aromatic rings. The van der Waals surface area contributed by atoms with Crippen molar-refractivity contribution in [1.29, 1.82) is 0 Å². The predicted molar refractivity (Wildman–Crippen MR) is 125 cm³/mol. The average molecular weight is 461 g/mol. The van der Waals surface area contributed by atoms with E-state index in [1.54, 1.807) is 42.6 Å². The van der Waals surface area contributed by atoms with E-state index in [1.165, 1.54) is 17.9 Å². The second-order valence-electron chi connectivity index (χ2n) is 8.04. The summed E-state index contributed by atoms with van der Waals surface area (Å²) < 4.78 is 20.2. The van der Waals surface area contributed by atoms with Crippen LogP contribution in [0.2, 0.25) is 0 Å². The van der Waals surface area contributed by atoms with E-state index in [0.717, 1.165) is 5.69 Å². The van der Waals surface area contributed by atoms with Crippen LogP contribution in [0.3, 0.4) is 0 Å². The van der Waals surface area contributed by atoms with Crippen LogP contribution in [0, 0.1) is 5.82 Å². The Morgan fingerprint density at radius 2 is 1.94 bits per heavy atom. The van der Waals surface area contributed by atoms with Gasteiger partial charge < -0.3 is 10.1 Å². The van der Waals surface area contributed by atoms with Gasteiger partial charge in [0, 0.05) is 36.4 Å². The van der Waals surface area contributed by atoms with Gasteiger partial charge in [0.05, 0.1) is 18.8 Å². The lowest BCUT2D eigenvalue weighted by atomic mass is 9.99. The Labute approximate surface area is 196 Å². The van der Waals surface area contributed by atoms with Gasteiger partial charge in [0.15, 0.2) is 5.78 Å². The average Bonchev–Trinajstić information content (AvgIpc) is 3.22. The zero-order valence-electron chi connectivity index (χ0n) is 18.7. The molecule has 1 fully saturated rings. The lowest BCUT2D eigenvalue weighted by Gasteiger charge is -2.14. The number of hydrogen-bond donors (Lipinski definition) is 1. The summed E-state index contributed by atoms with van der Waals surface area (Å²) in [5.74, 6) is -0.718. The zero-order chi connectivity index (χ0) is 24.1. The number of ether oxygens (including phenoxy) is 1. The molecule has 7 nitrogen and oxygen atoms in total. The Kier molecular flexibility index (Phi) is 6.96. The number of nitrogens with one attached hydrogen (secondary N) is 1. The van der Waals surface area contributed by atoms with Crippen LogP contribution in [0.15, 0.2) is 66.9 Å². The molecule has 1 atom stereocenters. The molecule has 0 aliphatic carbocycles. The fraction of sp³-hybridized carbons (Fsp3) is 0.231. The van der Waals surface area contributed by atoms with Gasteiger partial charge in [-0.1, -0.05) is 30.3 Å². The second-order valence-corrected chi connectivity index (χ2v) is 8.04. The molecule has 1 saturated heterocycles. The molecule has 0 unspecified atom stereocenters. The molecular formula is C26H24FN3O4. The molecule has 0 radical (unpaired) electrons. The molecule has 1 aliphatic heterocycles. The molecule has 34 heavy (non-hydrogen) atoms. The number of aromatic nitrogens is 1. The molecular weight excluding hydrogens is 437 g/mol. The number of benzene rings is 2. The van der Waals surface area contributed by atoms with Gasteiger partial charge in [-0.3, -0.25) is 19.5 Å². The number of aryl methyl sites for hydroxylation is 1. The monoisotopic (exact) mass is 461 g/mol. The number of rotatable bonds is 8. The van der Waals surface area contributed by atoms with Gasteiger partial charge in [-0.25, -0.2) is 9.18 Å². The summed E-state index contributed by atoms with van der Waals surface area (Å²) in [4.78, 5) is 41.3. The number of Topliss-reactive ketones (excluding diaryl/α,β-unsaturated/α-hetero) is 1. The van der Waals surface area contributed by atoms with Crippen LogP contribution in [0.1, 0.15) is 29.4 Å². The Morgan fingerprint density at radius 1 is 1.15 bits per heavy atom. The molecule has 2 amide bonds. The van der Waals surface area contributed by atoms with Crippen molar-refractivity contribution in [3.63, 3.8) is 0 Å². The number of nitrogens with zero attached hydrogens (tertiary/aromatic N) is 2. The van der Waals surface area contributed by atoms with Crippen LogP contribution in [0.4, 0.5) is 14.9 Å². The fourth-order valence-electron chi connectivity index (χ4n) is 3.77. The van der Waals surface area contributed by atoms with Crippen LogP contribution in [-0.4, -0.2) is 42.0 Å². The largest absolute Gasteiger partial charge is 0.442 e. The summed E-state index contributed by atoms with van der Waals surface area (Å²) in [5.41, 5.74) is 2.77. The third-order valence-electron chi connectivity index (χ3n) is 5.57. The highest BCUT2D eigenvalue weighted by molar-refractivity contribution is 5.96. The van der Waals surface area contributed by atoms with Gasteiger partial charge in [-0.15, -0.1) is 0 Å². The van der Waals surface area contributed by atoms with Crippen molar-refractivity contribution in [3.05, 3.63) is 83.9 Å². The number of carbonyl (C=O) groups is 3. The molecule has 174 valence electrons. The lowest BCUT2D eigenvalue weighted by Crippen LogP contribution is -2.33. The van der Waals surface area contributed by atoms with Gasteiger partial charge in [-0.2, -0.15) is 0 Å². The van der Waals surface area contributed by atoms with E-state index >= 15 is 0 Å². The molecule has 4 rings (SSSR count). The maximum atomic E-state index is 14.9. The summed E-state index contributed by atoms with van der Waals surface area (Å²) >= 11 is 0. The highest BCUT2D eigenvalue weighted by Gasteiger charge is 2.32. The van der Waals surface area contributed by atoms with Crippen molar-refractivity contribution in [3.8, 4) is 11.1 Å². The highest BCUT2D eigenvalue weighted by Crippen LogP contribution is 2.29. The number of pyridine rings is 1. The Hall–Kier alpha value is -4.07. The van der Waals surface area contributed by atoms with E-state index in [2.05, 4.69) is 10.3 Å². The van der Waals surface area contributed by atoms with Gasteiger partial charge in [0.25, 0.3) is 0 Å².